The number of likely N-dealkylation sites (tertiary alicyclic amines) is 1. The molecule has 2 rings (SSSR count). The number of hydrogen-bond donors (Lipinski definition) is 1. The Hall–Kier alpha value is -1.42. The fourth-order valence-corrected chi connectivity index (χ4v) is 2.64. The molecule has 1 fully saturated rings. The van der Waals surface area contributed by atoms with Crippen molar-refractivity contribution in [3.05, 3.63) is 35.1 Å². The fraction of sp³-hybridized carbons (Fsp3) is 0.533. The van der Waals surface area contributed by atoms with Crippen LogP contribution in [0.5, 0.6) is 0 Å². The number of rotatable bonds is 2. The van der Waals surface area contributed by atoms with Crippen molar-refractivity contribution in [2.24, 2.45) is 5.73 Å². The lowest BCUT2D eigenvalue weighted by molar-refractivity contribution is 0.0684. The number of nitrogens with two attached hydrogens (primary N) is 1. The minimum Gasteiger partial charge on any atom is -0.334 e. The molecule has 0 aromatic heterocycles. The summed E-state index contributed by atoms with van der Waals surface area (Å²) in [6.45, 7) is 2.93. The number of halogens is 1. The zero-order chi connectivity index (χ0) is 13.8. The Labute approximate surface area is 113 Å². The quantitative estimate of drug-likeness (QED) is 0.892. The second-order valence-corrected chi connectivity index (χ2v) is 5.22. The zero-order valence-corrected chi connectivity index (χ0v) is 11.4. The molecule has 1 heterocycles. The van der Waals surface area contributed by atoms with E-state index in [4.69, 9.17) is 5.73 Å². The molecule has 104 valence electrons. The summed E-state index contributed by atoms with van der Waals surface area (Å²) in [5, 5.41) is 0. The first-order valence-electron chi connectivity index (χ1n) is 6.90. The minimum absolute atomic E-state index is 0.0377. The van der Waals surface area contributed by atoms with Gasteiger partial charge < -0.3 is 10.6 Å². The number of carbonyl (C=O) groups is 1. The van der Waals surface area contributed by atoms with Crippen molar-refractivity contribution in [3.63, 3.8) is 0 Å². The smallest absolute Gasteiger partial charge is 0.257 e. The van der Waals surface area contributed by atoms with Gasteiger partial charge in [0.25, 0.3) is 5.91 Å². The maximum Gasteiger partial charge on any atom is 0.257 e. The summed E-state index contributed by atoms with van der Waals surface area (Å²) in [7, 11) is 0. The molecule has 4 heteroatoms. The van der Waals surface area contributed by atoms with Crippen LogP contribution < -0.4 is 5.73 Å². The van der Waals surface area contributed by atoms with E-state index in [-0.39, 0.29) is 17.5 Å². The average Bonchev–Trinajstić information content (AvgIpc) is 2.63. The summed E-state index contributed by atoms with van der Waals surface area (Å²) in [6.07, 6.45) is 4.07. The van der Waals surface area contributed by atoms with Gasteiger partial charge in [0.05, 0.1) is 5.56 Å². The summed E-state index contributed by atoms with van der Waals surface area (Å²) in [4.78, 5) is 14.2. The van der Waals surface area contributed by atoms with Crippen molar-refractivity contribution in [3.8, 4) is 0 Å². The van der Waals surface area contributed by atoms with E-state index >= 15 is 0 Å². The highest BCUT2D eigenvalue weighted by atomic mass is 19.1. The van der Waals surface area contributed by atoms with Gasteiger partial charge in [-0.15, -0.1) is 0 Å². The summed E-state index contributed by atoms with van der Waals surface area (Å²) in [6, 6.07) is 4.79. The van der Waals surface area contributed by atoms with Crippen LogP contribution in [0.15, 0.2) is 18.2 Å². The van der Waals surface area contributed by atoms with Crippen LogP contribution >= 0.6 is 0 Å². The van der Waals surface area contributed by atoms with Crippen LogP contribution in [0.4, 0.5) is 4.39 Å². The Balaban J connectivity index is 2.25. The van der Waals surface area contributed by atoms with Crippen molar-refractivity contribution in [2.45, 2.75) is 38.6 Å². The average molecular weight is 264 g/mol. The zero-order valence-electron chi connectivity index (χ0n) is 11.4. The van der Waals surface area contributed by atoms with Gasteiger partial charge in [0, 0.05) is 19.1 Å². The Morgan fingerprint density at radius 2 is 2.21 bits per heavy atom. The second kappa shape index (κ2) is 6.15. The lowest BCUT2D eigenvalue weighted by Crippen LogP contribution is -2.44. The monoisotopic (exact) mass is 264 g/mol. The first-order valence-corrected chi connectivity index (χ1v) is 6.90. The first kappa shape index (κ1) is 14.0. The number of hydrogen-bond acceptors (Lipinski definition) is 2. The van der Waals surface area contributed by atoms with E-state index in [1.165, 1.54) is 6.07 Å². The third-order valence-electron chi connectivity index (χ3n) is 3.77. The number of nitrogens with zero attached hydrogens (tertiary/aromatic N) is 1. The number of aryl methyl sites for hydroxylation is 1. The fourth-order valence-electron chi connectivity index (χ4n) is 2.64. The van der Waals surface area contributed by atoms with Gasteiger partial charge in [-0.1, -0.05) is 18.9 Å². The van der Waals surface area contributed by atoms with Crippen molar-refractivity contribution in [1.82, 2.24) is 4.90 Å². The summed E-state index contributed by atoms with van der Waals surface area (Å²) in [5.41, 5.74) is 6.73. The molecule has 1 aliphatic heterocycles. The van der Waals surface area contributed by atoms with Gasteiger partial charge in [-0.3, -0.25) is 4.79 Å². The van der Waals surface area contributed by atoms with E-state index in [2.05, 4.69) is 0 Å². The van der Waals surface area contributed by atoms with Crippen molar-refractivity contribution in [2.75, 3.05) is 13.1 Å². The molecule has 0 bridgehead atoms. The van der Waals surface area contributed by atoms with Gasteiger partial charge in [-0.2, -0.15) is 0 Å². The largest absolute Gasteiger partial charge is 0.334 e. The second-order valence-electron chi connectivity index (χ2n) is 5.22. The lowest BCUT2D eigenvalue weighted by Gasteiger charge is -2.29. The van der Waals surface area contributed by atoms with Crippen LogP contribution in [-0.2, 0) is 0 Å². The van der Waals surface area contributed by atoms with Crippen LogP contribution in [0.1, 0.15) is 41.6 Å². The topological polar surface area (TPSA) is 46.3 Å². The molecule has 0 spiro atoms. The molecule has 1 saturated heterocycles. The van der Waals surface area contributed by atoms with Gasteiger partial charge in [-0.05, 0) is 37.5 Å². The summed E-state index contributed by atoms with van der Waals surface area (Å²) in [5.74, 6) is -0.667. The van der Waals surface area contributed by atoms with Crippen LogP contribution in [-0.4, -0.2) is 29.9 Å². The van der Waals surface area contributed by atoms with E-state index in [9.17, 15) is 9.18 Å². The number of carbonyl (C=O) groups excluding carboxylic acids is 1. The molecule has 1 unspecified atom stereocenters. The maximum atomic E-state index is 13.9. The highest BCUT2D eigenvalue weighted by Crippen LogP contribution is 2.20. The van der Waals surface area contributed by atoms with E-state index < -0.39 is 5.82 Å². The van der Waals surface area contributed by atoms with Crippen molar-refractivity contribution < 1.29 is 9.18 Å². The Kier molecular flexibility index (Phi) is 4.53. The van der Waals surface area contributed by atoms with Crippen LogP contribution in [0, 0.1) is 12.7 Å². The molecule has 0 saturated carbocycles. The standard InChI is InChI=1S/C15H21FN2O/c1-11-6-7-13(14(16)9-11)15(19)18-8-4-2-3-5-12(18)10-17/h6-7,9,12H,2-5,8,10,17H2,1H3. The van der Waals surface area contributed by atoms with Crippen LogP contribution in [0.2, 0.25) is 0 Å². The maximum absolute atomic E-state index is 13.9. The molecule has 19 heavy (non-hydrogen) atoms. The van der Waals surface area contributed by atoms with E-state index in [0.717, 1.165) is 31.2 Å². The van der Waals surface area contributed by atoms with Gasteiger partial charge in [-0.25, -0.2) is 4.39 Å². The molecule has 2 N–H and O–H groups in total. The molecule has 1 aliphatic rings. The molecule has 1 amide bonds. The predicted molar refractivity (Wildman–Crippen MR) is 73.5 cm³/mol. The SMILES string of the molecule is Cc1ccc(C(=O)N2CCCCCC2CN)c(F)c1. The molecule has 0 radical (unpaired) electrons. The van der Waals surface area contributed by atoms with E-state index in [1.807, 2.05) is 6.92 Å². The van der Waals surface area contributed by atoms with Crippen molar-refractivity contribution in [1.29, 1.82) is 0 Å². The van der Waals surface area contributed by atoms with Crippen molar-refractivity contribution >= 4 is 5.91 Å². The van der Waals surface area contributed by atoms with Gasteiger partial charge in [0.2, 0.25) is 0 Å². The molecule has 1 aromatic rings. The highest BCUT2D eigenvalue weighted by Gasteiger charge is 2.26. The molecular formula is C15H21FN2O. The van der Waals surface area contributed by atoms with Gasteiger partial charge in [0.15, 0.2) is 0 Å². The third kappa shape index (κ3) is 3.13. The Bertz CT molecular complexity index is 461. The minimum atomic E-state index is -0.440. The van der Waals surface area contributed by atoms with E-state index in [0.29, 0.717) is 13.1 Å². The lowest BCUT2D eigenvalue weighted by atomic mass is 10.1. The first-order chi connectivity index (χ1) is 9.13. The van der Waals surface area contributed by atoms with Crippen LogP contribution in [0.25, 0.3) is 0 Å². The normalized spacial score (nSPS) is 20.2. The Morgan fingerprint density at radius 3 is 2.89 bits per heavy atom. The summed E-state index contributed by atoms with van der Waals surface area (Å²) >= 11 is 0. The summed E-state index contributed by atoms with van der Waals surface area (Å²) < 4.78 is 13.9. The third-order valence-corrected chi connectivity index (χ3v) is 3.77. The molecule has 0 aliphatic carbocycles. The van der Waals surface area contributed by atoms with Gasteiger partial charge >= 0.3 is 0 Å². The van der Waals surface area contributed by atoms with Gasteiger partial charge in [0.1, 0.15) is 5.82 Å². The number of benzene rings is 1. The number of amides is 1. The molecule has 1 atom stereocenters. The Morgan fingerprint density at radius 1 is 1.42 bits per heavy atom. The van der Waals surface area contributed by atoms with Crippen LogP contribution in [0.3, 0.4) is 0 Å². The molecule has 3 nitrogen and oxygen atoms in total. The molecule has 1 aromatic carbocycles. The molecular weight excluding hydrogens is 243 g/mol. The van der Waals surface area contributed by atoms with E-state index in [1.54, 1.807) is 17.0 Å². The predicted octanol–water partition coefficient (Wildman–Crippen LogP) is 2.48. The highest BCUT2D eigenvalue weighted by molar-refractivity contribution is 5.94.